The first-order chi connectivity index (χ1) is 8.16. The number of allylic oxidation sites excluding steroid dienone is 1. The summed E-state index contributed by atoms with van der Waals surface area (Å²) in [5.74, 6) is -0.109. The second kappa shape index (κ2) is 4.57. The summed E-state index contributed by atoms with van der Waals surface area (Å²) in [4.78, 5) is 11.7. The molecule has 1 aromatic heterocycles. The Hall–Kier alpha value is -2.49. The van der Waals surface area contributed by atoms with Gasteiger partial charge >= 0.3 is 0 Å². The molecular weight excluding hydrogens is 220 g/mol. The highest BCUT2D eigenvalue weighted by molar-refractivity contribution is 6.08. The highest BCUT2D eigenvalue weighted by atomic mass is 16.3. The van der Waals surface area contributed by atoms with E-state index in [4.69, 9.17) is 4.42 Å². The fourth-order valence-electron chi connectivity index (χ4n) is 1.36. The van der Waals surface area contributed by atoms with E-state index in [1.807, 2.05) is 0 Å². The minimum atomic E-state index is -0.408. The van der Waals surface area contributed by atoms with Gasteiger partial charge in [0.2, 0.25) is 0 Å². The lowest BCUT2D eigenvalue weighted by Gasteiger charge is -2.00. The molecule has 0 aliphatic carbocycles. The van der Waals surface area contributed by atoms with Gasteiger partial charge in [0.1, 0.15) is 17.3 Å². The Kier molecular flexibility index (Phi) is 2.96. The molecule has 1 aromatic carbocycles. The van der Waals surface area contributed by atoms with Gasteiger partial charge in [-0.25, -0.2) is 0 Å². The molecule has 0 unspecified atom stereocenters. The number of carbonyl (C=O) groups excluding carboxylic acids is 1. The molecule has 1 heterocycles. The van der Waals surface area contributed by atoms with Crippen molar-refractivity contribution in [1.29, 1.82) is 0 Å². The number of phenolic OH excluding ortho intramolecular Hbond substituents is 2. The number of furan rings is 1. The minimum Gasteiger partial charge on any atom is -0.508 e. The Bertz CT molecular complexity index is 553. The summed E-state index contributed by atoms with van der Waals surface area (Å²) < 4.78 is 5.02. The van der Waals surface area contributed by atoms with E-state index in [1.165, 1.54) is 36.6 Å². The molecule has 0 aliphatic heterocycles. The van der Waals surface area contributed by atoms with Crippen LogP contribution in [0.15, 0.2) is 47.1 Å². The van der Waals surface area contributed by atoms with Gasteiger partial charge in [-0.1, -0.05) is 0 Å². The number of hydrogen-bond donors (Lipinski definition) is 2. The smallest absolute Gasteiger partial charge is 0.189 e. The topological polar surface area (TPSA) is 70.7 Å². The van der Waals surface area contributed by atoms with Crippen LogP contribution >= 0.6 is 0 Å². The monoisotopic (exact) mass is 230 g/mol. The summed E-state index contributed by atoms with van der Waals surface area (Å²) in [6.45, 7) is 0. The third-order valence-corrected chi connectivity index (χ3v) is 2.19. The van der Waals surface area contributed by atoms with E-state index in [0.29, 0.717) is 5.76 Å². The second-order valence-corrected chi connectivity index (χ2v) is 3.41. The quantitative estimate of drug-likeness (QED) is 0.483. The number of ketones is 1. The first kappa shape index (κ1) is 11.0. The molecule has 86 valence electrons. The molecule has 0 spiro atoms. The molecule has 0 saturated carbocycles. The molecule has 0 saturated heterocycles. The van der Waals surface area contributed by atoms with Gasteiger partial charge < -0.3 is 14.6 Å². The van der Waals surface area contributed by atoms with Gasteiger partial charge in [-0.3, -0.25) is 4.79 Å². The molecule has 4 heteroatoms. The summed E-state index contributed by atoms with van der Waals surface area (Å²) >= 11 is 0. The van der Waals surface area contributed by atoms with Gasteiger partial charge in [0.25, 0.3) is 0 Å². The Morgan fingerprint density at radius 1 is 1.24 bits per heavy atom. The van der Waals surface area contributed by atoms with E-state index in [1.54, 1.807) is 12.1 Å². The number of rotatable bonds is 3. The third-order valence-electron chi connectivity index (χ3n) is 2.19. The maximum atomic E-state index is 11.7. The van der Waals surface area contributed by atoms with Crippen molar-refractivity contribution in [2.45, 2.75) is 0 Å². The zero-order chi connectivity index (χ0) is 12.3. The maximum Gasteiger partial charge on any atom is 0.189 e. The van der Waals surface area contributed by atoms with E-state index in [2.05, 4.69) is 0 Å². The van der Waals surface area contributed by atoms with E-state index < -0.39 is 5.78 Å². The van der Waals surface area contributed by atoms with Crippen LogP contribution in [0.4, 0.5) is 0 Å². The molecule has 0 bridgehead atoms. The summed E-state index contributed by atoms with van der Waals surface area (Å²) in [7, 11) is 0. The van der Waals surface area contributed by atoms with Crippen molar-refractivity contribution in [2.75, 3.05) is 0 Å². The molecule has 2 rings (SSSR count). The fourth-order valence-corrected chi connectivity index (χ4v) is 1.36. The van der Waals surface area contributed by atoms with Gasteiger partial charge in [0, 0.05) is 0 Å². The van der Waals surface area contributed by atoms with Crippen molar-refractivity contribution in [3.8, 4) is 11.5 Å². The normalized spacial score (nSPS) is 10.8. The van der Waals surface area contributed by atoms with Gasteiger partial charge in [-0.2, -0.15) is 0 Å². The van der Waals surface area contributed by atoms with Gasteiger partial charge in [-0.15, -0.1) is 0 Å². The highest BCUT2D eigenvalue weighted by Gasteiger charge is 2.09. The number of hydrogen-bond acceptors (Lipinski definition) is 4. The van der Waals surface area contributed by atoms with Crippen LogP contribution < -0.4 is 0 Å². The van der Waals surface area contributed by atoms with Gasteiger partial charge in [0.05, 0.1) is 11.8 Å². The van der Waals surface area contributed by atoms with Crippen molar-refractivity contribution < 1.29 is 19.4 Å². The SMILES string of the molecule is O=C(C=Cc1ccco1)c1cc(O)ccc1O. The average Bonchev–Trinajstić information content (AvgIpc) is 2.82. The van der Waals surface area contributed by atoms with Crippen molar-refractivity contribution in [1.82, 2.24) is 0 Å². The second-order valence-electron chi connectivity index (χ2n) is 3.41. The zero-order valence-electron chi connectivity index (χ0n) is 8.83. The van der Waals surface area contributed by atoms with Crippen LogP contribution in [-0.2, 0) is 0 Å². The lowest BCUT2D eigenvalue weighted by molar-refractivity contribution is 0.104. The molecule has 0 fully saturated rings. The Morgan fingerprint density at radius 2 is 2.06 bits per heavy atom. The lowest BCUT2D eigenvalue weighted by Crippen LogP contribution is -1.94. The third kappa shape index (κ3) is 2.55. The minimum absolute atomic E-state index is 0.0489. The van der Waals surface area contributed by atoms with Crippen molar-refractivity contribution in [2.24, 2.45) is 0 Å². The largest absolute Gasteiger partial charge is 0.508 e. The van der Waals surface area contributed by atoms with Crippen molar-refractivity contribution >= 4 is 11.9 Å². The molecule has 0 radical (unpaired) electrons. The first-order valence-electron chi connectivity index (χ1n) is 4.95. The molecule has 0 aliphatic rings. The standard InChI is InChI=1S/C13H10O4/c14-9-3-5-12(15)11(8-9)13(16)6-4-10-2-1-7-17-10/h1-8,14-15H. The Morgan fingerprint density at radius 3 is 2.76 bits per heavy atom. The predicted molar refractivity (Wildman–Crippen MR) is 61.8 cm³/mol. The summed E-state index contributed by atoms with van der Waals surface area (Å²) in [6, 6.07) is 7.19. The van der Waals surface area contributed by atoms with E-state index in [9.17, 15) is 15.0 Å². The van der Waals surface area contributed by atoms with E-state index in [-0.39, 0.29) is 17.1 Å². The van der Waals surface area contributed by atoms with Crippen LogP contribution in [0.2, 0.25) is 0 Å². The fraction of sp³-hybridized carbons (Fsp3) is 0. The number of carbonyl (C=O) groups is 1. The van der Waals surface area contributed by atoms with Crippen LogP contribution in [0, 0.1) is 0 Å². The first-order valence-corrected chi connectivity index (χ1v) is 4.95. The molecule has 4 nitrogen and oxygen atoms in total. The maximum absolute atomic E-state index is 11.7. The van der Waals surface area contributed by atoms with Crippen molar-refractivity contribution in [3.63, 3.8) is 0 Å². The van der Waals surface area contributed by atoms with Crippen LogP contribution in [-0.4, -0.2) is 16.0 Å². The van der Waals surface area contributed by atoms with Crippen LogP contribution in [0.25, 0.3) is 6.08 Å². The average molecular weight is 230 g/mol. The summed E-state index contributed by atoms with van der Waals surface area (Å²) in [5, 5.41) is 18.7. The summed E-state index contributed by atoms with van der Waals surface area (Å²) in [6.07, 6.45) is 4.26. The molecule has 2 aromatic rings. The van der Waals surface area contributed by atoms with Crippen molar-refractivity contribution in [3.05, 3.63) is 54.0 Å². The molecule has 17 heavy (non-hydrogen) atoms. The number of phenols is 2. The lowest BCUT2D eigenvalue weighted by atomic mass is 10.1. The van der Waals surface area contributed by atoms with Crippen LogP contribution in [0.5, 0.6) is 11.5 Å². The highest BCUT2D eigenvalue weighted by Crippen LogP contribution is 2.23. The van der Waals surface area contributed by atoms with E-state index >= 15 is 0 Å². The number of aromatic hydroxyl groups is 2. The zero-order valence-corrected chi connectivity index (χ0v) is 8.83. The van der Waals surface area contributed by atoms with Crippen LogP contribution in [0.3, 0.4) is 0 Å². The van der Waals surface area contributed by atoms with Gasteiger partial charge in [-0.05, 0) is 42.5 Å². The Labute approximate surface area is 97.4 Å². The van der Waals surface area contributed by atoms with Crippen LogP contribution in [0.1, 0.15) is 16.1 Å². The predicted octanol–water partition coefficient (Wildman–Crippen LogP) is 2.59. The molecule has 0 amide bonds. The Balaban J connectivity index is 2.23. The number of benzene rings is 1. The van der Waals surface area contributed by atoms with Gasteiger partial charge in [0.15, 0.2) is 5.78 Å². The molecule has 2 N–H and O–H groups in total. The molecular formula is C13H10O4. The summed E-state index contributed by atoms with van der Waals surface area (Å²) in [5.41, 5.74) is 0.0489. The van der Waals surface area contributed by atoms with E-state index in [0.717, 1.165) is 0 Å². The molecule has 0 atom stereocenters.